The average Bonchev–Trinajstić information content (AvgIpc) is 2.67. The molecule has 0 heterocycles. The van der Waals surface area contributed by atoms with Crippen molar-refractivity contribution in [1.82, 2.24) is 0 Å². The van der Waals surface area contributed by atoms with E-state index in [1.807, 2.05) is 31.2 Å². The van der Waals surface area contributed by atoms with E-state index in [0.29, 0.717) is 18.4 Å². The zero-order chi connectivity index (χ0) is 19.8. The molecule has 5 nitrogen and oxygen atoms in total. The van der Waals surface area contributed by atoms with Crippen LogP contribution in [0.4, 0.5) is 0 Å². The third-order valence-electron chi connectivity index (χ3n) is 4.77. The van der Waals surface area contributed by atoms with Crippen LogP contribution < -0.4 is 9.47 Å². The normalized spacial score (nSPS) is 10.6. The Morgan fingerprint density at radius 3 is 2.11 bits per heavy atom. The Labute approximate surface area is 160 Å². The van der Waals surface area contributed by atoms with Crippen molar-refractivity contribution in [3.05, 3.63) is 47.0 Å². The number of rotatable bonds is 10. The van der Waals surface area contributed by atoms with E-state index in [4.69, 9.17) is 9.47 Å². The van der Waals surface area contributed by atoms with Crippen molar-refractivity contribution < 1.29 is 24.5 Å². The number of hydrogen-bond donors (Lipinski definition) is 2. The van der Waals surface area contributed by atoms with Gasteiger partial charge in [0.15, 0.2) is 28.8 Å². The first-order valence-corrected chi connectivity index (χ1v) is 9.24. The number of methoxy groups -OCH3 is 2. The van der Waals surface area contributed by atoms with Gasteiger partial charge in [0, 0.05) is 23.6 Å². The number of carbonyl (C=O) groups is 1. The molecule has 0 amide bonds. The number of phenols is 2. The zero-order valence-electron chi connectivity index (χ0n) is 16.2. The summed E-state index contributed by atoms with van der Waals surface area (Å²) >= 11 is 0. The summed E-state index contributed by atoms with van der Waals surface area (Å²) in [5.41, 5.74) is 2.25. The fourth-order valence-electron chi connectivity index (χ4n) is 3.17. The molecule has 0 atom stereocenters. The smallest absolute Gasteiger partial charge is 0.164 e. The van der Waals surface area contributed by atoms with Gasteiger partial charge in [-0.3, -0.25) is 4.79 Å². The standard InChI is InChI=1S/C22H28O5/c1-15-10-8-9-11-16(15)18(23)13-7-5-4-6-12-17-21(24)19(26-2)14-20(27-3)22(17)25/h8-11,14,24-25H,4-7,12-13H2,1-3H3. The highest BCUT2D eigenvalue weighted by Crippen LogP contribution is 2.43. The van der Waals surface area contributed by atoms with Crippen molar-refractivity contribution in [1.29, 1.82) is 0 Å². The summed E-state index contributed by atoms with van der Waals surface area (Å²) < 4.78 is 10.3. The van der Waals surface area contributed by atoms with Gasteiger partial charge in [0.25, 0.3) is 0 Å². The lowest BCUT2D eigenvalue weighted by Gasteiger charge is -2.14. The summed E-state index contributed by atoms with van der Waals surface area (Å²) in [5, 5.41) is 20.5. The molecule has 2 aromatic rings. The van der Waals surface area contributed by atoms with E-state index in [0.717, 1.165) is 36.8 Å². The van der Waals surface area contributed by atoms with E-state index in [9.17, 15) is 15.0 Å². The lowest BCUT2D eigenvalue weighted by atomic mass is 9.99. The largest absolute Gasteiger partial charge is 0.504 e. The molecule has 0 aliphatic heterocycles. The van der Waals surface area contributed by atoms with Crippen LogP contribution >= 0.6 is 0 Å². The first-order valence-electron chi connectivity index (χ1n) is 9.24. The number of benzene rings is 2. The Bertz CT molecular complexity index is 754. The molecule has 5 heteroatoms. The quantitative estimate of drug-likeness (QED) is 0.463. The fraction of sp³-hybridized carbons (Fsp3) is 0.409. The van der Waals surface area contributed by atoms with Gasteiger partial charge in [-0.15, -0.1) is 0 Å². The van der Waals surface area contributed by atoms with Gasteiger partial charge in [-0.05, 0) is 31.7 Å². The summed E-state index contributed by atoms with van der Waals surface area (Å²) in [4.78, 5) is 12.3. The minimum absolute atomic E-state index is 0.0504. The molecule has 0 fully saturated rings. The number of phenolic OH excluding ortho intramolecular Hbond substituents is 2. The van der Waals surface area contributed by atoms with E-state index in [2.05, 4.69) is 0 Å². The van der Waals surface area contributed by atoms with E-state index < -0.39 is 0 Å². The SMILES string of the molecule is COc1cc(OC)c(O)c(CCCCCCC(=O)c2ccccc2C)c1O. The van der Waals surface area contributed by atoms with Crippen molar-refractivity contribution in [3.8, 4) is 23.0 Å². The highest BCUT2D eigenvalue weighted by molar-refractivity contribution is 5.97. The molecule has 0 aliphatic carbocycles. The number of ether oxygens (including phenoxy) is 2. The Balaban J connectivity index is 1.82. The molecule has 0 spiro atoms. The second-order valence-corrected chi connectivity index (χ2v) is 6.61. The molecular formula is C22H28O5. The first kappa shape index (κ1) is 20.6. The second-order valence-electron chi connectivity index (χ2n) is 6.61. The van der Waals surface area contributed by atoms with Gasteiger partial charge in [0.2, 0.25) is 0 Å². The van der Waals surface area contributed by atoms with Gasteiger partial charge in [0.05, 0.1) is 14.2 Å². The van der Waals surface area contributed by atoms with Gasteiger partial charge in [-0.25, -0.2) is 0 Å². The van der Waals surface area contributed by atoms with Gasteiger partial charge < -0.3 is 19.7 Å². The van der Waals surface area contributed by atoms with Gasteiger partial charge in [-0.1, -0.05) is 37.1 Å². The number of carbonyl (C=O) groups excluding carboxylic acids is 1. The van der Waals surface area contributed by atoms with Crippen LogP contribution in [0.1, 0.15) is 53.6 Å². The number of aryl methyl sites for hydroxylation is 1. The summed E-state index contributed by atoms with van der Waals surface area (Å²) in [6.07, 6.45) is 4.48. The predicted molar refractivity (Wildman–Crippen MR) is 105 cm³/mol. The number of aromatic hydroxyl groups is 2. The molecule has 0 radical (unpaired) electrons. The van der Waals surface area contributed by atoms with Crippen LogP contribution in [-0.4, -0.2) is 30.2 Å². The summed E-state index contributed by atoms with van der Waals surface area (Å²) in [6.45, 7) is 1.95. The molecular weight excluding hydrogens is 344 g/mol. The molecule has 0 aromatic heterocycles. The van der Waals surface area contributed by atoms with Gasteiger partial charge in [-0.2, -0.15) is 0 Å². The predicted octanol–water partition coefficient (Wildman–Crippen LogP) is 4.80. The van der Waals surface area contributed by atoms with Crippen LogP contribution in [0.5, 0.6) is 23.0 Å². The maximum Gasteiger partial charge on any atom is 0.164 e. The molecule has 2 N–H and O–H groups in total. The Hall–Kier alpha value is -2.69. The highest BCUT2D eigenvalue weighted by Gasteiger charge is 2.18. The van der Waals surface area contributed by atoms with Crippen molar-refractivity contribution in [2.45, 2.75) is 45.4 Å². The second kappa shape index (κ2) is 9.86. The maximum atomic E-state index is 12.3. The molecule has 2 rings (SSSR count). The Kier molecular flexibility index (Phi) is 7.53. The number of unbranched alkanes of at least 4 members (excludes halogenated alkanes) is 3. The third kappa shape index (κ3) is 5.16. The molecule has 0 unspecified atom stereocenters. The summed E-state index contributed by atoms with van der Waals surface area (Å²) in [7, 11) is 2.92. The Morgan fingerprint density at radius 2 is 1.52 bits per heavy atom. The topological polar surface area (TPSA) is 76.0 Å². The van der Waals surface area contributed by atoms with Gasteiger partial charge in [0.1, 0.15) is 0 Å². The van der Waals surface area contributed by atoms with Crippen molar-refractivity contribution in [2.24, 2.45) is 0 Å². The highest BCUT2D eigenvalue weighted by atomic mass is 16.5. The van der Waals surface area contributed by atoms with E-state index in [1.165, 1.54) is 20.3 Å². The average molecular weight is 372 g/mol. The number of ketones is 1. The minimum Gasteiger partial charge on any atom is -0.504 e. The first-order chi connectivity index (χ1) is 13.0. The molecule has 27 heavy (non-hydrogen) atoms. The fourth-order valence-corrected chi connectivity index (χ4v) is 3.17. The lowest BCUT2D eigenvalue weighted by Crippen LogP contribution is -2.01. The van der Waals surface area contributed by atoms with Crippen LogP contribution in [0, 0.1) is 6.92 Å². The van der Waals surface area contributed by atoms with E-state index >= 15 is 0 Å². The molecule has 0 saturated carbocycles. The molecule has 0 bridgehead atoms. The van der Waals surface area contributed by atoms with E-state index in [-0.39, 0.29) is 28.8 Å². The minimum atomic E-state index is -0.0504. The number of hydrogen-bond acceptors (Lipinski definition) is 5. The third-order valence-corrected chi connectivity index (χ3v) is 4.77. The Morgan fingerprint density at radius 1 is 0.926 bits per heavy atom. The molecule has 2 aromatic carbocycles. The van der Waals surface area contributed by atoms with Crippen LogP contribution in [0.15, 0.2) is 30.3 Å². The lowest BCUT2D eigenvalue weighted by molar-refractivity contribution is 0.0978. The van der Waals surface area contributed by atoms with Crippen molar-refractivity contribution >= 4 is 5.78 Å². The maximum absolute atomic E-state index is 12.3. The summed E-state index contributed by atoms with van der Waals surface area (Å²) in [5.74, 6) is 0.643. The summed E-state index contributed by atoms with van der Waals surface area (Å²) in [6, 6.07) is 9.12. The van der Waals surface area contributed by atoms with Gasteiger partial charge >= 0.3 is 0 Å². The number of Topliss-reactive ketones (excluding diaryl/α,β-unsaturated/α-hetero) is 1. The molecule has 146 valence electrons. The van der Waals surface area contributed by atoms with Crippen LogP contribution in [-0.2, 0) is 6.42 Å². The molecule has 0 saturated heterocycles. The monoisotopic (exact) mass is 372 g/mol. The van der Waals surface area contributed by atoms with E-state index in [1.54, 1.807) is 0 Å². The van der Waals surface area contributed by atoms with Crippen LogP contribution in [0.3, 0.4) is 0 Å². The van der Waals surface area contributed by atoms with Crippen LogP contribution in [0.2, 0.25) is 0 Å². The van der Waals surface area contributed by atoms with Crippen molar-refractivity contribution in [2.75, 3.05) is 14.2 Å². The molecule has 0 aliphatic rings. The van der Waals surface area contributed by atoms with Crippen LogP contribution in [0.25, 0.3) is 0 Å². The van der Waals surface area contributed by atoms with Crippen molar-refractivity contribution in [3.63, 3.8) is 0 Å². The zero-order valence-corrected chi connectivity index (χ0v) is 16.2.